The first-order valence-electron chi connectivity index (χ1n) is 5.45. The van der Waals surface area contributed by atoms with Crippen molar-refractivity contribution in [2.75, 3.05) is 5.75 Å². The fourth-order valence-electron chi connectivity index (χ4n) is 1.82. The number of rotatable bonds is 3. The Hall–Kier alpha value is -1.70. The van der Waals surface area contributed by atoms with Crippen molar-refractivity contribution >= 4 is 21.9 Å². The molecule has 0 amide bonds. The molecule has 1 aliphatic rings. The van der Waals surface area contributed by atoms with E-state index in [0.29, 0.717) is 12.8 Å². The van der Waals surface area contributed by atoms with Crippen molar-refractivity contribution in [3.63, 3.8) is 0 Å². The van der Waals surface area contributed by atoms with Crippen molar-refractivity contribution in [2.45, 2.75) is 24.5 Å². The van der Waals surface area contributed by atoms with E-state index in [1.54, 1.807) is 0 Å². The molecule has 1 aliphatic heterocycles. The van der Waals surface area contributed by atoms with Gasteiger partial charge in [-0.05, 0) is 12.8 Å². The molecule has 0 aromatic carbocycles. The number of aromatic nitrogens is 2. The van der Waals surface area contributed by atoms with E-state index in [2.05, 4.69) is 10.2 Å². The van der Waals surface area contributed by atoms with Gasteiger partial charge in [0.25, 0.3) is 0 Å². The van der Waals surface area contributed by atoms with Gasteiger partial charge in [0.2, 0.25) is 11.8 Å². The summed E-state index contributed by atoms with van der Waals surface area (Å²) < 4.78 is 28.8. The predicted octanol–water partition coefficient (Wildman–Crippen LogP) is 0.807. The van der Waals surface area contributed by atoms with Crippen LogP contribution in [0.5, 0.6) is 0 Å². The van der Waals surface area contributed by atoms with Gasteiger partial charge in [-0.1, -0.05) is 6.42 Å². The Morgan fingerprint density at radius 3 is 2.83 bits per heavy atom. The average Bonchev–Trinajstić information content (AvgIpc) is 2.74. The van der Waals surface area contributed by atoms with Crippen LogP contribution in [0.3, 0.4) is 0 Å². The fraction of sp³-hybridized carbons (Fsp3) is 0.500. The van der Waals surface area contributed by atoms with Gasteiger partial charge in [-0.15, -0.1) is 10.2 Å². The average molecular weight is 272 g/mol. The van der Waals surface area contributed by atoms with Crippen LogP contribution in [-0.4, -0.2) is 35.4 Å². The number of carbonyl (C=O) groups is 1. The Bertz CT molecular complexity index is 575. The van der Waals surface area contributed by atoms with Crippen molar-refractivity contribution in [1.29, 1.82) is 0 Å². The van der Waals surface area contributed by atoms with Gasteiger partial charge in [0.15, 0.2) is 9.84 Å². The first kappa shape index (κ1) is 12.7. The highest BCUT2D eigenvalue weighted by Crippen LogP contribution is 2.32. The summed E-state index contributed by atoms with van der Waals surface area (Å²) in [5.74, 6) is -0.978. The molecule has 0 spiro atoms. The van der Waals surface area contributed by atoms with Crippen molar-refractivity contribution < 1.29 is 22.7 Å². The maximum absolute atomic E-state index is 11.8. The van der Waals surface area contributed by atoms with Gasteiger partial charge in [-0.2, -0.15) is 0 Å². The Morgan fingerprint density at radius 2 is 2.17 bits per heavy atom. The second kappa shape index (κ2) is 4.89. The zero-order chi connectivity index (χ0) is 13.2. The highest BCUT2D eigenvalue weighted by atomic mass is 32.2. The molecule has 1 atom stereocenters. The lowest BCUT2D eigenvalue weighted by atomic mass is 10.2. The van der Waals surface area contributed by atoms with Gasteiger partial charge in [0, 0.05) is 12.2 Å². The largest absolute Gasteiger partial charge is 0.478 e. The summed E-state index contributed by atoms with van der Waals surface area (Å²) in [6, 6.07) is 0. The quantitative estimate of drug-likeness (QED) is 0.810. The van der Waals surface area contributed by atoms with Crippen molar-refractivity contribution in [3.05, 3.63) is 17.9 Å². The minimum atomic E-state index is -3.23. The molecule has 1 unspecified atom stereocenters. The monoisotopic (exact) mass is 272 g/mol. The maximum Gasteiger partial charge on any atom is 0.328 e. The summed E-state index contributed by atoms with van der Waals surface area (Å²) in [5, 5.41) is 15.0. The molecule has 1 N–H and O–H groups in total. The van der Waals surface area contributed by atoms with Crippen molar-refractivity contribution in [1.82, 2.24) is 10.2 Å². The van der Waals surface area contributed by atoms with Crippen molar-refractivity contribution in [3.8, 4) is 0 Å². The molecule has 2 rings (SSSR count). The zero-order valence-corrected chi connectivity index (χ0v) is 10.3. The summed E-state index contributed by atoms with van der Waals surface area (Å²) in [4.78, 5) is 10.3. The van der Waals surface area contributed by atoms with Crippen LogP contribution >= 0.6 is 0 Å². The SMILES string of the molecule is O=C(O)/C=C/c1nnc(C2CCCCS2(=O)=O)o1. The molecular weight excluding hydrogens is 260 g/mol. The third-order valence-electron chi connectivity index (χ3n) is 2.68. The zero-order valence-electron chi connectivity index (χ0n) is 9.44. The van der Waals surface area contributed by atoms with Crippen LogP contribution in [-0.2, 0) is 14.6 Å². The van der Waals surface area contributed by atoms with E-state index in [1.165, 1.54) is 0 Å². The molecule has 7 nitrogen and oxygen atoms in total. The fourth-order valence-corrected chi connectivity index (χ4v) is 3.64. The van der Waals surface area contributed by atoms with E-state index in [4.69, 9.17) is 9.52 Å². The summed E-state index contributed by atoms with van der Waals surface area (Å²) in [7, 11) is -3.23. The van der Waals surface area contributed by atoms with Crippen LogP contribution in [0, 0.1) is 0 Å². The van der Waals surface area contributed by atoms with E-state index in [0.717, 1.165) is 18.6 Å². The number of hydrogen-bond acceptors (Lipinski definition) is 6. The number of sulfone groups is 1. The number of hydrogen-bond donors (Lipinski definition) is 1. The third-order valence-corrected chi connectivity index (χ3v) is 4.84. The Kier molecular flexibility index (Phi) is 3.46. The highest BCUT2D eigenvalue weighted by Gasteiger charge is 2.34. The second-order valence-electron chi connectivity index (χ2n) is 4.00. The van der Waals surface area contributed by atoms with E-state index in [9.17, 15) is 13.2 Å². The summed E-state index contributed by atoms with van der Waals surface area (Å²) >= 11 is 0. The highest BCUT2D eigenvalue weighted by molar-refractivity contribution is 7.91. The minimum absolute atomic E-state index is 0.00632. The van der Waals surface area contributed by atoms with E-state index < -0.39 is 21.1 Å². The first-order chi connectivity index (χ1) is 8.49. The topological polar surface area (TPSA) is 110 Å². The minimum Gasteiger partial charge on any atom is -0.478 e. The van der Waals surface area contributed by atoms with Gasteiger partial charge >= 0.3 is 5.97 Å². The van der Waals surface area contributed by atoms with Gasteiger partial charge in [0.05, 0.1) is 5.75 Å². The lowest BCUT2D eigenvalue weighted by Gasteiger charge is -2.18. The van der Waals surface area contributed by atoms with Gasteiger partial charge < -0.3 is 9.52 Å². The van der Waals surface area contributed by atoms with Gasteiger partial charge in [-0.3, -0.25) is 0 Å². The van der Waals surface area contributed by atoms with Crippen LogP contribution in [0.1, 0.15) is 36.3 Å². The molecule has 98 valence electrons. The molecule has 1 aromatic heterocycles. The molecular formula is C10H12N2O5S. The molecule has 1 aromatic rings. The summed E-state index contributed by atoms with van der Waals surface area (Å²) in [6.07, 6.45) is 3.90. The summed E-state index contributed by atoms with van der Waals surface area (Å²) in [6.45, 7) is 0. The van der Waals surface area contributed by atoms with Crippen LogP contribution in [0.25, 0.3) is 6.08 Å². The number of aliphatic carboxylic acids is 1. The third kappa shape index (κ3) is 2.76. The van der Waals surface area contributed by atoms with Crippen LogP contribution in [0.4, 0.5) is 0 Å². The number of nitrogens with zero attached hydrogens (tertiary/aromatic N) is 2. The smallest absolute Gasteiger partial charge is 0.328 e. The normalized spacial score (nSPS) is 23.2. The molecule has 18 heavy (non-hydrogen) atoms. The second-order valence-corrected chi connectivity index (χ2v) is 6.30. The Labute approximate surface area is 103 Å². The molecule has 1 fully saturated rings. The maximum atomic E-state index is 11.8. The van der Waals surface area contributed by atoms with Gasteiger partial charge in [0.1, 0.15) is 5.25 Å². The molecule has 0 saturated carbocycles. The van der Waals surface area contributed by atoms with Crippen molar-refractivity contribution in [2.24, 2.45) is 0 Å². The Morgan fingerprint density at radius 1 is 1.39 bits per heavy atom. The van der Waals surface area contributed by atoms with Crippen LogP contribution < -0.4 is 0 Å². The van der Waals surface area contributed by atoms with Crippen LogP contribution in [0.2, 0.25) is 0 Å². The van der Waals surface area contributed by atoms with Gasteiger partial charge in [-0.25, -0.2) is 13.2 Å². The number of carboxylic acids is 1. The molecule has 0 radical (unpaired) electrons. The molecule has 1 saturated heterocycles. The predicted molar refractivity (Wildman–Crippen MR) is 61.3 cm³/mol. The molecule has 8 heteroatoms. The molecule has 0 aliphatic carbocycles. The standard InChI is InChI=1S/C10H12N2O5S/c13-9(14)5-4-8-11-12-10(17-8)7-3-1-2-6-18(7,15)16/h4-5,7H,1-3,6H2,(H,13,14)/b5-4+. The first-order valence-corrected chi connectivity index (χ1v) is 7.16. The van der Waals surface area contributed by atoms with E-state index >= 15 is 0 Å². The Balaban J connectivity index is 2.21. The lowest BCUT2D eigenvalue weighted by Crippen LogP contribution is -2.21. The van der Waals surface area contributed by atoms with Crippen LogP contribution in [0.15, 0.2) is 10.5 Å². The number of carboxylic acid groups (broad SMARTS) is 1. The van der Waals surface area contributed by atoms with E-state index in [-0.39, 0.29) is 17.5 Å². The molecule has 2 heterocycles. The molecule has 0 bridgehead atoms. The van der Waals surface area contributed by atoms with E-state index in [1.807, 2.05) is 0 Å². The lowest BCUT2D eigenvalue weighted by molar-refractivity contribution is -0.131. The summed E-state index contributed by atoms with van der Waals surface area (Å²) in [5.41, 5.74) is 0.